The molecule has 7 nitrogen and oxygen atoms in total. The first-order valence-corrected chi connectivity index (χ1v) is 6.69. The van der Waals surface area contributed by atoms with E-state index < -0.39 is 10.5 Å². The van der Waals surface area contributed by atoms with Gasteiger partial charge in [0.2, 0.25) is 0 Å². The van der Waals surface area contributed by atoms with Crippen LogP contribution in [-0.2, 0) is 0 Å². The van der Waals surface area contributed by atoms with E-state index in [-0.39, 0.29) is 22.7 Å². The second-order valence-electron chi connectivity index (χ2n) is 4.81. The Labute approximate surface area is 129 Å². The molecule has 1 heterocycles. The lowest BCUT2D eigenvalue weighted by Crippen LogP contribution is -2.10. The topological polar surface area (TPSA) is 109 Å². The molecule has 0 aliphatic carbocycles. The van der Waals surface area contributed by atoms with E-state index in [4.69, 9.17) is 0 Å². The molecule has 0 atom stereocenters. The van der Waals surface area contributed by atoms with Crippen molar-refractivity contribution in [3.05, 3.63) is 80.4 Å². The van der Waals surface area contributed by atoms with E-state index >= 15 is 0 Å². The van der Waals surface area contributed by atoms with E-state index in [2.05, 4.69) is 9.97 Å². The van der Waals surface area contributed by atoms with Gasteiger partial charge in [0.15, 0.2) is 0 Å². The van der Waals surface area contributed by atoms with Gasteiger partial charge in [0, 0.05) is 23.8 Å². The number of aliphatic hydroxyl groups excluding tert-OH is 1. The number of hydrogen-bond donors (Lipinski definition) is 2. The van der Waals surface area contributed by atoms with Gasteiger partial charge in [-0.3, -0.25) is 14.9 Å². The standard InChI is InChI=1S/C16H11N3O4/c20-14(10-4-2-1-3-5-10)9-15-17-13-7-6-11(19(22)23)8-12(13)16(21)18-15/h1-9,20H,(H,17,18,21)/b14-9-. The quantitative estimate of drug-likeness (QED) is 0.439. The summed E-state index contributed by atoms with van der Waals surface area (Å²) in [6, 6.07) is 12.7. The third kappa shape index (κ3) is 2.93. The normalized spacial score (nSPS) is 11.6. The van der Waals surface area contributed by atoms with Gasteiger partial charge in [-0.05, 0) is 6.07 Å². The second-order valence-corrected chi connectivity index (χ2v) is 4.81. The third-order valence-corrected chi connectivity index (χ3v) is 3.26. The van der Waals surface area contributed by atoms with Crippen LogP contribution in [-0.4, -0.2) is 20.0 Å². The predicted molar refractivity (Wildman–Crippen MR) is 86.0 cm³/mol. The molecule has 1 aromatic heterocycles. The Morgan fingerprint density at radius 1 is 1.22 bits per heavy atom. The van der Waals surface area contributed by atoms with Crippen molar-refractivity contribution in [1.82, 2.24) is 9.97 Å². The van der Waals surface area contributed by atoms with Crippen molar-refractivity contribution < 1.29 is 10.0 Å². The summed E-state index contributed by atoms with van der Waals surface area (Å²) in [4.78, 5) is 28.9. The predicted octanol–water partition coefficient (Wildman–Crippen LogP) is 2.89. The summed E-state index contributed by atoms with van der Waals surface area (Å²) < 4.78 is 0. The number of H-pyrrole nitrogens is 1. The zero-order valence-electron chi connectivity index (χ0n) is 11.8. The summed E-state index contributed by atoms with van der Waals surface area (Å²) in [6.45, 7) is 0. The van der Waals surface area contributed by atoms with E-state index in [1.54, 1.807) is 24.3 Å². The summed E-state index contributed by atoms with van der Waals surface area (Å²) in [5.74, 6) is 0.118. The van der Waals surface area contributed by atoms with Crippen molar-refractivity contribution in [1.29, 1.82) is 0 Å². The average molecular weight is 309 g/mol. The molecule has 0 amide bonds. The zero-order chi connectivity index (χ0) is 16.4. The number of nitrogens with one attached hydrogen (secondary N) is 1. The number of fused-ring (bicyclic) bond motifs is 1. The Morgan fingerprint density at radius 2 is 1.96 bits per heavy atom. The number of nitro benzene ring substituents is 1. The highest BCUT2D eigenvalue weighted by Crippen LogP contribution is 2.18. The molecule has 0 fully saturated rings. The van der Waals surface area contributed by atoms with Gasteiger partial charge in [0.1, 0.15) is 11.6 Å². The third-order valence-electron chi connectivity index (χ3n) is 3.26. The molecule has 0 radical (unpaired) electrons. The highest BCUT2D eigenvalue weighted by molar-refractivity contribution is 5.82. The van der Waals surface area contributed by atoms with Crippen molar-refractivity contribution >= 4 is 28.4 Å². The van der Waals surface area contributed by atoms with E-state index in [0.29, 0.717) is 11.1 Å². The number of nitrogens with zero attached hydrogens (tertiary/aromatic N) is 2. The van der Waals surface area contributed by atoms with Gasteiger partial charge in [-0.25, -0.2) is 4.98 Å². The minimum Gasteiger partial charge on any atom is -0.507 e. The maximum absolute atomic E-state index is 12.1. The molecule has 7 heteroatoms. The first kappa shape index (κ1) is 14.5. The molecule has 0 saturated heterocycles. The lowest BCUT2D eigenvalue weighted by molar-refractivity contribution is -0.384. The van der Waals surface area contributed by atoms with E-state index in [0.717, 1.165) is 0 Å². The number of aliphatic hydroxyl groups is 1. The average Bonchev–Trinajstić information content (AvgIpc) is 2.55. The highest BCUT2D eigenvalue weighted by atomic mass is 16.6. The van der Waals surface area contributed by atoms with Crippen LogP contribution in [0.15, 0.2) is 53.3 Å². The first-order valence-electron chi connectivity index (χ1n) is 6.69. The van der Waals surface area contributed by atoms with Gasteiger partial charge in [-0.15, -0.1) is 0 Å². The monoisotopic (exact) mass is 309 g/mol. The van der Waals surface area contributed by atoms with Crippen LogP contribution in [0.25, 0.3) is 22.7 Å². The highest BCUT2D eigenvalue weighted by Gasteiger charge is 2.10. The van der Waals surface area contributed by atoms with Crippen LogP contribution in [0.5, 0.6) is 0 Å². The molecule has 3 rings (SSSR count). The van der Waals surface area contributed by atoms with Crippen molar-refractivity contribution in [2.24, 2.45) is 0 Å². The maximum Gasteiger partial charge on any atom is 0.270 e. The summed E-state index contributed by atoms with van der Waals surface area (Å²) in [5.41, 5.74) is 0.205. The molecular weight excluding hydrogens is 298 g/mol. The second kappa shape index (κ2) is 5.72. The molecule has 23 heavy (non-hydrogen) atoms. The number of aromatic nitrogens is 2. The molecule has 3 aromatic rings. The Kier molecular flexibility index (Phi) is 3.60. The van der Waals surface area contributed by atoms with E-state index in [9.17, 15) is 20.0 Å². The fraction of sp³-hybridized carbons (Fsp3) is 0. The lowest BCUT2D eigenvalue weighted by Gasteiger charge is -2.02. The van der Waals surface area contributed by atoms with E-state index in [1.165, 1.54) is 24.3 Å². The number of hydrogen-bond acceptors (Lipinski definition) is 5. The van der Waals surface area contributed by atoms with Gasteiger partial charge < -0.3 is 10.1 Å². The van der Waals surface area contributed by atoms with Crippen molar-refractivity contribution in [2.45, 2.75) is 0 Å². The van der Waals surface area contributed by atoms with Gasteiger partial charge >= 0.3 is 0 Å². The Balaban J connectivity index is 2.08. The minimum atomic E-state index is -0.575. The zero-order valence-corrected chi connectivity index (χ0v) is 11.8. The number of aromatic amines is 1. The smallest absolute Gasteiger partial charge is 0.270 e. The first-order chi connectivity index (χ1) is 11.0. The lowest BCUT2D eigenvalue weighted by atomic mass is 10.2. The Hall–Kier alpha value is -3.48. The van der Waals surface area contributed by atoms with Crippen LogP contribution in [0, 0.1) is 10.1 Å². The van der Waals surface area contributed by atoms with Crippen molar-refractivity contribution in [3.63, 3.8) is 0 Å². The Morgan fingerprint density at radius 3 is 2.65 bits per heavy atom. The van der Waals surface area contributed by atoms with Gasteiger partial charge in [-0.1, -0.05) is 30.3 Å². The Bertz CT molecular complexity index is 978. The summed E-state index contributed by atoms with van der Waals surface area (Å²) in [6.07, 6.45) is 1.33. The van der Waals surface area contributed by atoms with E-state index in [1.807, 2.05) is 6.07 Å². The fourth-order valence-electron chi connectivity index (χ4n) is 2.15. The maximum atomic E-state index is 12.1. The van der Waals surface area contributed by atoms with Crippen LogP contribution in [0.4, 0.5) is 5.69 Å². The summed E-state index contributed by atoms with van der Waals surface area (Å²) >= 11 is 0. The van der Waals surface area contributed by atoms with Crippen LogP contribution < -0.4 is 5.56 Å². The van der Waals surface area contributed by atoms with Crippen LogP contribution in [0.1, 0.15) is 11.4 Å². The van der Waals surface area contributed by atoms with Crippen LogP contribution in [0.3, 0.4) is 0 Å². The summed E-state index contributed by atoms with van der Waals surface area (Å²) in [5, 5.41) is 20.9. The number of nitro groups is 1. The van der Waals surface area contributed by atoms with Crippen molar-refractivity contribution in [3.8, 4) is 0 Å². The molecule has 0 saturated carbocycles. The molecule has 114 valence electrons. The van der Waals surface area contributed by atoms with Gasteiger partial charge in [-0.2, -0.15) is 0 Å². The molecule has 0 bridgehead atoms. The van der Waals surface area contributed by atoms with Gasteiger partial charge in [0.05, 0.1) is 15.8 Å². The largest absolute Gasteiger partial charge is 0.507 e. The minimum absolute atomic E-state index is 0.0463. The number of benzene rings is 2. The van der Waals surface area contributed by atoms with Crippen LogP contribution >= 0.6 is 0 Å². The van der Waals surface area contributed by atoms with Crippen LogP contribution in [0.2, 0.25) is 0 Å². The number of non-ortho nitro benzene ring substituents is 1. The molecule has 0 unspecified atom stereocenters. The molecule has 0 spiro atoms. The van der Waals surface area contributed by atoms with Gasteiger partial charge in [0.25, 0.3) is 11.2 Å². The molecule has 2 N–H and O–H groups in total. The molecule has 0 aliphatic heterocycles. The SMILES string of the molecule is O=c1[nH]c(/C=C(\O)c2ccccc2)nc2ccc([N+](=O)[O-])cc12. The summed E-state index contributed by atoms with van der Waals surface area (Å²) in [7, 11) is 0. The molecule has 0 aliphatic rings. The fourth-order valence-corrected chi connectivity index (χ4v) is 2.15. The molecule has 2 aromatic carbocycles. The number of rotatable bonds is 3. The van der Waals surface area contributed by atoms with Crippen molar-refractivity contribution in [2.75, 3.05) is 0 Å². The molecular formula is C16H11N3O4.